The summed E-state index contributed by atoms with van der Waals surface area (Å²) in [6, 6.07) is 0. The second-order valence-electron chi connectivity index (χ2n) is 5.87. The number of carboxylic acids is 1. The van der Waals surface area contributed by atoms with Gasteiger partial charge in [0.15, 0.2) is 0 Å². The second kappa shape index (κ2) is 6.89. The Labute approximate surface area is 117 Å². The minimum Gasteiger partial charge on any atom is -0.515 e. The average molecular weight is 286 g/mol. The molecule has 0 aromatic rings. The highest BCUT2D eigenvalue weighted by molar-refractivity contribution is 6.79. The standard InChI is InChI=1S/C14H26O4Si/c1-9(2)19(10(3)4,11(5)6)18-14(17)12(7)8-13(15)16/h8-11H,1-7H3,(H,15,16). The fourth-order valence-corrected chi connectivity index (χ4v) is 8.03. The number of rotatable bonds is 6. The molecular weight excluding hydrogens is 260 g/mol. The molecule has 0 aliphatic rings. The molecule has 0 saturated carbocycles. The molecule has 4 nitrogen and oxygen atoms in total. The Hall–Kier alpha value is -1.10. The van der Waals surface area contributed by atoms with Gasteiger partial charge in [-0.1, -0.05) is 41.5 Å². The molecule has 0 radical (unpaired) electrons. The summed E-state index contributed by atoms with van der Waals surface area (Å²) in [5.74, 6) is -1.62. The SMILES string of the molecule is CC(=CC(=O)O)C(=O)O[Si](C(C)C)(C(C)C)C(C)C. The van der Waals surface area contributed by atoms with E-state index in [9.17, 15) is 9.59 Å². The van der Waals surface area contributed by atoms with Crippen molar-refractivity contribution < 1.29 is 19.1 Å². The van der Waals surface area contributed by atoms with Crippen LogP contribution in [0.2, 0.25) is 16.6 Å². The summed E-state index contributed by atoms with van der Waals surface area (Å²) in [6.07, 6.45) is 0.905. The predicted octanol–water partition coefficient (Wildman–Crippen LogP) is 3.74. The monoisotopic (exact) mass is 286 g/mol. The number of hydrogen-bond acceptors (Lipinski definition) is 3. The van der Waals surface area contributed by atoms with E-state index in [1.54, 1.807) is 0 Å². The van der Waals surface area contributed by atoms with E-state index in [0.29, 0.717) is 0 Å². The maximum Gasteiger partial charge on any atom is 0.328 e. The van der Waals surface area contributed by atoms with E-state index < -0.39 is 20.3 Å². The molecule has 0 atom stereocenters. The molecular formula is C14H26O4Si. The van der Waals surface area contributed by atoms with Crippen LogP contribution < -0.4 is 0 Å². The average Bonchev–Trinajstić information content (AvgIpc) is 2.22. The number of carbonyl (C=O) groups is 2. The number of aliphatic carboxylic acids is 1. The van der Waals surface area contributed by atoms with Crippen LogP contribution in [0.4, 0.5) is 0 Å². The van der Waals surface area contributed by atoms with E-state index in [1.165, 1.54) is 6.92 Å². The van der Waals surface area contributed by atoms with Gasteiger partial charge in [-0.2, -0.15) is 0 Å². The zero-order valence-electron chi connectivity index (χ0n) is 13.0. The Morgan fingerprint density at radius 2 is 1.37 bits per heavy atom. The zero-order chi connectivity index (χ0) is 15.4. The molecule has 0 spiro atoms. The summed E-state index contributed by atoms with van der Waals surface area (Å²) >= 11 is 0. The van der Waals surface area contributed by atoms with Crippen molar-refractivity contribution in [2.75, 3.05) is 0 Å². The van der Waals surface area contributed by atoms with Gasteiger partial charge in [0.2, 0.25) is 0 Å². The third kappa shape index (κ3) is 4.20. The maximum absolute atomic E-state index is 12.1. The quantitative estimate of drug-likeness (QED) is 0.597. The normalized spacial score (nSPS) is 13.3. The molecule has 19 heavy (non-hydrogen) atoms. The number of carbonyl (C=O) groups excluding carboxylic acids is 1. The van der Waals surface area contributed by atoms with Gasteiger partial charge in [-0.15, -0.1) is 0 Å². The van der Waals surface area contributed by atoms with Gasteiger partial charge in [0.1, 0.15) is 0 Å². The first-order valence-electron chi connectivity index (χ1n) is 6.70. The third-order valence-corrected chi connectivity index (χ3v) is 9.59. The van der Waals surface area contributed by atoms with Gasteiger partial charge in [-0.25, -0.2) is 9.59 Å². The van der Waals surface area contributed by atoms with Crippen LogP contribution in [0.15, 0.2) is 11.6 Å². The Bertz CT molecular complexity index is 348. The van der Waals surface area contributed by atoms with Gasteiger partial charge in [0, 0.05) is 11.6 Å². The van der Waals surface area contributed by atoms with Crippen LogP contribution in [0.5, 0.6) is 0 Å². The van der Waals surface area contributed by atoms with Gasteiger partial charge in [-0.05, 0) is 23.5 Å². The highest BCUT2D eigenvalue weighted by atomic mass is 28.4. The van der Waals surface area contributed by atoms with Crippen molar-refractivity contribution in [1.82, 2.24) is 0 Å². The molecule has 0 rings (SSSR count). The highest BCUT2D eigenvalue weighted by Gasteiger charge is 2.48. The van der Waals surface area contributed by atoms with Gasteiger partial charge in [0.25, 0.3) is 8.32 Å². The second-order valence-corrected chi connectivity index (χ2v) is 11.2. The van der Waals surface area contributed by atoms with Crippen LogP contribution in [0.25, 0.3) is 0 Å². The molecule has 0 bridgehead atoms. The lowest BCUT2D eigenvalue weighted by Gasteiger charge is -2.41. The van der Waals surface area contributed by atoms with E-state index in [-0.39, 0.29) is 22.2 Å². The van der Waals surface area contributed by atoms with Crippen molar-refractivity contribution in [3.8, 4) is 0 Å². The molecule has 0 unspecified atom stereocenters. The van der Waals surface area contributed by atoms with Crippen LogP contribution in [0, 0.1) is 0 Å². The summed E-state index contributed by atoms with van der Waals surface area (Å²) in [5, 5.41) is 8.69. The van der Waals surface area contributed by atoms with Gasteiger partial charge in [-0.3, -0.25) is 0 Å². The topological polar surface area (TPSA) is 63.6 Å². The fourth-order valence-electron chi connectivity index (χ4n) is 2.84. The number of hydrogen-bond donors (Lipinski definition) is 1. The summed E-state index contributed by atoms with van der Waals surface area (Å²) in [7, 11) is -2.29. The van der Waals surface area contributed by atoms with Crippen LogP contribution in [0.3, 0.4) is 0 Å². The van der Waals surface area contributed by atoms with Crippen molar-refractivity contribution in [3.05, 3.63) is 11.6 Å². The molecule has 0 aliphatic carbocycles. The van der Waals surface area contributed by atoms with Crippen LogP contribution in [0.1, 0.15) is 48.5 Å². The van der Waals surface area contributed by atoms with E-state index in [4.69, 9.17) is 9.53 Å². The first kappa shape index (κ1) is 17.9. The molecule has 0 saturated heterocycles. The smallest absolute Gasteiger partial charge is 0.328 e. The molecule has 1 N–H and O–H groups in total. The summed E-state index contributed by atoms with van der Waals surface area (Å²) < 4.78 is 5.85. The lowest BCUT2D eigenvalue weighted by Crippen LogP contribution is -2.49. The van der Waals surface area contributed by atoms with Gasteiger partial charge >= 0.3 is 11.9 Å². The maximum atomic E-state index is 12.1. The van der Waals surface area contributed by atoms with E-state index in [2.05, 4.69) is 41.5 Å². The summed E-state index contributed by atoms with van der Waals surface area (Å²) in [6.45, 7) is 14.0. The third-order valence-electron chi connectivity index (χ3n) is 3.64. The largest absolute Gasteiger partial charge is 0.515 e. The fraction of sp³-hybridized carbons (Fsp3) is 0.714. The Balaban J connectivity index is 5.36. The van der Waals surface area contributed by atoms with Crippen LogP contribution in [-0.4, -0.2) is 25.4 Å². The summed E-state index contributed by atoms with van der Waals surface area (Å²) in [4.78, 5) is 22.7. The first-order chi connectivity index (χ1) is 8.55. The molecule has 0 aromatic heterocycles. The van der Waals surface area contributed by atoms with Gasteiger partial charge in [0.05, 0.1) is 0 Å². The lowest BCUT2D eigenvalue weighted by atomic mass is 10.3. The van der Waals surface area contributed by atoms with Crippen molar-refractivity contribution in [2.24, 2.45) is 0 Å². The van der Waals surface area contributed by atoms with Gasteiger partial charge < -0.3 is 9.53 Å². The Kier molecular flexibility index (Phi) is 6.49. The Morgan fingerprint density at radius 1 is 1.00 bits per heavy atom. The minimum absolute atomic E-state index is 0.145. The zero-order valence-corrected chi connectivity index (χ0v) is 14.0. The molecule has 0 heterocycles. The molecule has 5 heteroatoms. The van der Waals surface area contributed by atoms with Crippen molar-refractivity contribution in [2.45, 2.75) is 65.1 Å². The molecule has 0 fully saturated rings. The molecule has 0 aromatic carbocycles. The highest BCUT2D eigenvalue weighted by Crippen LogP contribution is 2.42. The number of carboxylic acid groups (broad SMARTS) is 1. The van der Waals surface area contributed by atoms with Crippen LogP contribution in [-0.2, 0) is 14.0 Å². The first-order valence-corrected chi connectivity index (χ1v) is 8.84. The van der Waals surface area contributed by atoms with E-state index in [1.807, 2.05) is 0 Å². The predicted molar refractivity (Wildman–Crippen MR) is 78.5 cm³/mol. The minimum atomic E-state index is -2.29. The molecule has 0 aliphatic heterocycles. The Morgan fingerprint density at radius 3 is 1.63 bits per heavy atom. The molecule has 110 valence electrons. The van der Waals surface area contributed by atoms with Crippen molar-refractivity contribution in [3.63, 3.8) is 0 Å². The van der Waals surface area contributed by atoms with Crippen molar-refractivity contribution in [1.29, 1.82) is 0 Å². The lowest BCUT2D eigenvalue weighted by molar-refractivity contribution is -0.134. The summed E-state index contributed by atoms with van der Waals surface area (Å²) in [5.41, 5.74) is 1.00. The van der Waals surface area contributed by atoms with E-state index in [0.717, 1.165) is 6.08 Å². The van der Waals surface area contributed by atoms with Crippen LogP contribution >= 0.6 is 0 Å². The van der Waals surface area contributed by atoms with E-state index >= 15 is 0 Å². The van der Waals surface area contributed by atoms with Crippen molar-refractivity contribution >= 4 is 20.3 Å². The molecule has 0 amide bonds.